The van der Waals surface area contributed by atoms with Gasteiger partial charge >= 0.3 is 11.8 Å². The van der Waals surface area contributed by atoms with Crippen molar-refractivity contribution in [3.8, 4) is 11.5 Å². The lowest BCUT2D eigenvalue weighted by atomic mass is 9.84. The van der Waals surface area contributed by atoms with Crippen molar-refractivity contribution >= 4 is 64.8 Å². The molecule has 0 bridgehead atoms. The molecule has 4 aromatic carbocycles. The minimum atomic E-state index is -1.40. The van der Waals surface area contributed by atoms with E-state index in [1.165, 1.54) is 32.4 Å². The van der Waals surface area contributed by atoms with Crippen LogP contribution in [0.4, 0.5) is 5.69 Å². The third-order valence-electron chi connectivity index (χ3n) is 15.0. The normalized spacial score (nSPS) is 14.2. The van der Waals surface area contributed by atoms with Gasteiger partial charge in [0.15, 0.2) is 0 Å². The van der Waals surface area contributed by atoms with Gasteiger partial charge in [-0.1, -0.05) is 152 Å². The highest BCUT2D eigenvalue weighted by atomic mass is 16.5. The van der Waals surface area contributed by atoms with E-state index in [2.05, 4.69) is 53.4 Å². The monoisotopic (exact) mass is 1190 g/mol. The zero-order valence-electron chi connectivity index (χ0n) is 50.4. The van der Waals surface area contributed by atoms with Gasteiger partial charge in [0.25, 0.3) is 11.8 Å². The van der Waals surface area contributed by atoms with Crippen LogP contribution in [0.2, 0.25) is 0 Å². The number of anilines is 1. The van der Waals surface area contributed by atoms with Crippen LogP contribution in [0, 0.1) is 17.8 Å². The van der Waals surface area contributed by atoms with Gasteiger partial charge in [0.2, 0.25) is 35.4 Å². The van der Waals surface area contributed by atoms with Gasteiger partial charge in [-0.2, -0.15) is 0 Å². The van der Waals surface area contributed by atoms with Crippen molar-refractivity contribution < 1.29 is 57.4 Å². The number of unbranched alkanes of at least 4 members (excludes halogenated alkanes) is 1. The predicted molar refractivity (Wildman–Crippen MR) is 325 cm³/mol. The summed E-state index contributed by atoms with van der Waals surface area (Å²) in [5.41, 5.74) is 6.27. The molecule has 1 saturated carbocycles. The lowest BCUT2D eigenvalue weighted by Gasteiger charge is -2.30. The fraction of sp³-hybridized carbons (Fsp3) is 0.469. The first-order valence-electron chi connectivity index (χ1n) is 29.8. The Hall–Kier alpha value is -8.82. The molecule has 0 unspecified atom stereocenters. The Morgan fingerprint density at radius 1 is 0.558 bits per heavy atom. The van der Waals surface area contributed by atoms with E-state index >= 15 is 0 Å². The molecular formula is C64H86N10O12. The van der Waals surface area contributed by atoms with Crippen molar-refractivity contribution in [2.75, 3.05) is 32.6 Å². The first kappa shape index (κ1) is 68.0. The molecule has 22 heteroatoms. The maximum Gasteiger partial charge on any atom is 0.313 e. The lowest BCUT2D eigenvalue weighted by Crippen LogP contribution is -2.60. The molecule has 1 fully saturated rings. The molecule has 86 heavy (non-hydrogen) atoms. The molecule has 5 rings (SSSR count). The lowest BCUT2D eigenvalue weighted by molar-refractivity contribution is -0.136. The second-order valence-electron chi connectivity index (χ2n) is 21.9. The molecule has 0 heterocycles. The fourth-order valence-electron chi connectivity index (χ4n) is 9.72. The number of benzene rings is 4. The van der Waals surface area contributed by atoms with E-state index in [4.69, 9.17) is 9.47 Å². The van der Waals surface area contributed by atoms with Gasteiger partial charge in [0, 0.05) is 38.0 Å². The minimum absolute atomic E-state index is 0.00421. The molecule has 0 spiro atoms. The summed E-state index contributed by atoms with van der Waals surface area (Å²) < 4.78 is 11.3. The molecule has 0 aromatic heterocycles. The summed E-state index contributed by atoms with van der Waals surface area (Å²) in [6.45, 7) is 9.13. The number of hydrogen-bond acceptors (Lipinski definition) is 12. The molecule has 6 atom stereocenters. The summed E-state index contributed by atoms with van der Waals surface area (Å²) in [5.74, 6) is -7.52. The summed E-state index contributed by atoms with van der Waals surface area (Å²) in [7, 11) is 2.79. The number of likely N-dealkylation sites (N-methyl/N-ethyl adjacent to an activating group) is 1. The maximum atomic E-state index is 15.0. The van der Waals surface area contributed by atoms with Crippen LogP contribution < -0.4 is 62.9 Å². The number of amides is 10. The topological polar surface area (TPSA) is 309 Å². The molecule has 0 saturated heterocycles. The average Bonchev–Trinajstić information content (AvgIpc) is 3.59. The first-order valence-corrected chi connectivity index (χ1v) is 29.8. The molecular weight excluding hydrogens is 1100 g/mol. The Bertz CT molecular complexity index is 2920. The standard InChI is InChI=1S/C64H86N10O12/c1-8-10-35-86-53-31-21-20-29-46(53)56(76)69-50(37-43-25-16-12-17-26-43)60(80)68-48(30-22-34-66-63(83)64(84)67-45-32-33-52(85-7)47(39-45)57(77)74-73-55(75)40(3)4)59(79)70-51(38-44-27-18-13-19-28-44)61(81)72-54(41(5)9-2)62(82)71-49(58(78)65-6)36-42-23-14-11-15-24-42/h11,13-15,18-21,23-24,27-29,31-33,39-41,43,48-51,54H,8-10,12,16-17,22,25-26,30,34-38H2,1-7H3,(H,65,78)(H,66,83)(H,67,84)(H,68,80)(H,69,76)(H,70,79)(H,71,82)(H,72,81)(H,73,75)(H,74,77)/t41-,48-,49-,50-,51-,54-/m0/s1. The van der Waals surface area contributed by atoms with Crippen molar-refractivity contribution in [3.05, 3.63) is 125 Å². The highest BCUT2D eigenvalue weighted by molar-refractivity contribution is 6.39. The second-order valence-corrected chi connectivity index (χ2v) is 21.9. The van der Waals surface area contributed by atoms with Crippen molar-refractivity contribution in [1.29, 1.82) is 0 Å². The highest BCUT2D eigenvalue weighted by Gasteiger charge is 2.35. The Kier molecular flexibility index (Phi) is 28.0. The molecule has 464 valence electrons. The summed E-state index contributed by atoms with van der Waals surface area (Å²) in [5, 5.41) is 22.0. The number of para-hydroxylation sites is 1. The van der Waals surface area contributed by atoms with Gasteiger partial charge in [0.1, 0.15) is 41.7 Å². The summed E-state index contributed by atoms with van der Waals surface area (Å²) in [4.78, 5) is 138. The Balaban J connectivity index is 1.41. The SMILES string of the molecule is CCCCOc1ccccc1C(=O)N[C@@H](CC1CCCCC1)C(=O)N[C@@H](CCCNC(=O)C(=O)Nc1ccc(OC)c(C(=O)NNC(=O)C(C)C)c1)C(=O)N[C@@H](Cc1ccccc1)C(=O)N[C@H](C(=O)N[C@@H](Cc1ccccc1)C(=O)NC)[C@@H](C)CC. The fourth-order valence-corrected chi connectivity index (χ4v) is 9.72. The molecule has 10 N–H and O–H groups in total. The van der Waals surface area contributed by atoms with E-state index < -0.39 is 101 Å². The largest absolute Gasteiger partial charge is 0.496 e. The van der Waals surface area contributed by atoms with Crippen LogP contribution in [0.3, 0.4) is 0 Å². The predicted octanol–water partition coefficient (Wildman–Crippen LogP) is 5.11. The van der Waals surface area contributed by atoms with Crippen molar-refractivity contribution in [2.45, 2.75) is 148 Å². The quantitative estimate of drug-likeness (QED) is 0.0179. The van der Waals surface area contributed by atoms with Crippen LogP contribution in [0.1, 0.15) is 137 Å². The van der Waals surface area contributed by atoms with Gasteiger partial charge < -0.3 is 52.0 Å². The van der Waals surface area contributed by atoms with Crippen LogP contribution in [0.25, 0.3) is 0 Å². The van der Waals surface area contributed by atoms with E-state index in [1.807, 2.05) is 44.2 Å². The first-order chi connectivity index (χ1) is 41.3. The van der Waals surface area contributed by atoms with Gasteiger partial charge in [0.05, 0.1) is 24.8 Å². The number of ether oxygens (including phenoxy) is 2. The van der Waals surface area contributed by atoms with Crippen LogP contribution in [-0.2, 0) is 51.2 Å². The van der Waals surface area contributed by atoms with Crippen molar-refractivity contribution in [1.82, 2.24) is 48.1 Å². The Morgan fingerprint density at radius 2 is 1.15 bits per heavy atom. The van der Waals surface area contributed by atoms with Crippen LogP contribution in [-0.4, -0.2) is 117 Å². The second kappa shape index (κ2) is 35.5. The zero-order valence-corrected chi connectivity index (χ0v) is 50.4. The number of carbonyl (C=O) groups is 10. The smallest absolute Gasteiger partial charge is 0.313 e. The van der Waals surface area contributed by atoms with Crippen LogP contribution in [0.5, 0.6) is 11.5 Å². The van der Waals surface area contributed by atoms with E-state index in [9.17, 15) is 47.9 Å². The third kappa shape index (κ3) is 21.7. The van der Waals surface area contributed by atoms with Gasteiger partial charge in [-0.15, -0.1) is 0 Å². The highest BCUT2D eigenvalue weighted by Crippen LogP contribution is 2.28. The Morgan fingerprint density at radius 3 is 1.77 bits per heavy atom. The maximum absolute atomic E-state index is 15.0. The minimum Gasteiger partial charge on any atom is -0.496 e. The number of rotatable bonds is 31. The number of hydrogen-bond donors (Lipinski definition) is 10. The van der Waals surface area contributed by atoms with E-state index in [0.717, 1.165) is 50.5 Å². The van der Waals surface area contributed by atoms with Gasteiger partial charge in [-0.3, -0.25) is 58.8 Å². The number of methoxy groups -OCH3 is 1. The molecule has 1 aliphatic carbocycles. The average molecular weight is 1190 g/mol. The molecule has 0 radical (unpaired) electrons. The summed E-state index contributed by atoms with van der Waals surface area (Å²) >= 11 is 0. The summed E-state index contributed by atoms with van der Waals surface area (Å²) in [6, 6.07) is 22.8. The summed E-state index contributed by atoms with van der Waals surface area (Å²) in [6.07, 6.45) is 6.87. The van der Waals surface area contributed by atoms with E-state index in [0.29, 0.717) is 24.3 Å². The molecule has 22 nitrogen and oxygen atoms in total. The van der Waals surface area contributed by atoms with Gasteiger partial charge in [-0.05, 0) is 79.0 Å². The number of nitrogens with one attached hydrogen (secondary N) is 10. The molecule has 4 aromatic rings. The van der Waals surface area contributed by atoms with E-state index in [1.54, 1.807) is 75.4 Å². The van der Waals surface area contributed by atoms with E-state index in [-0.39, 0.29) is 67.1 Å². The third-order valence-corrected chi connectivity index (χ3v) is 15.0. The zero-order chi connectivity index (χ0) is 62.5. The number of carbonyl (C=O) groups excluding carboxylic acids is 10. The van der Waals surface area contributed by atoms with Crippen LogP contribution in [0.15, 0.2) is 103 Å². The molecule has 1 aliphatic rings. The number of hydrazine groups is 1. The van der Waals surface area contributed by atoms with Gasteiger partial charge in [-0.25, -0.2) is 0 Å². The Labute approximate surface area is 504 Å². The van der Waals surface area contributed by atoms with Crippen molar-refractivity contribution in [3.63, 3.8) is 0 Å². The molecule has 10 amide bonds. The molecule has 0 aliphatic heterocycles. The van der Waals surface area contributed by atoms with Crippen LogP contribution >= 0.6 is 0 Å². The van der Waals surface area contributed by atoms with Crippen molar-refractivity contribution in [2.24, 2.45) is 17.8 Å².